The van der Waals surface area contributed by atoms with Crippen LogP contribution in [0.4, 0.5) is 5.69 Å². The van der Waals surface area contributed by atoms with Crippen LogP contribution < -0.4 is 10.1 Å². The van der Waals surface area contributed by atoms with Gasteiger partial charge in [0, 0.05) is 34.4 Å². The predicted octanol–water partition coefficient (Wildman–Crippen LogP) is 5.14. The van der Waals surface area contributed by atoms with Crippen LogP contribution in [0.1, 0.15) is 10.4 Å². The first-order valence-corrected chi connectivity index (χ1v) is 10.4. The zero-order valence-corrected chi connectivity index (χ0v) is 17.6. The number of hydrogen-bond acceptors (Lipinski definition) is 6. The average molecular weight is 431 g/mol. The number of pyridine rings is 2. The number of hydrogen-bond donors (Lipinski definition) is 1. The molecule has 7 heteroatoms. The highest BCUT2D eigenvalue weighted by Crippen LogP contribution is 2.31. The highest BCUT2D eigenvalue weighted by Gasteiger charge is 2.15. The van der Waals surface area contributed by atoms with E-state index in [9.17, 15) is 4.79 Å². The van der Waals surface area contributed by atoms with Crippen molar-refractivity contribution >= 4 is 55.5 Å². The molecule has 6 rings (SSSR count). The zero-order valence-electron chi connectivity index (χ0n) is 17.6. The molecule has 33 heavy (non-hydrogen) atoms. The third-order valence-corrected chi connectivity index (χ3v) is 5.62. The Bertz CT molecular complexity index is 1700. The maximum Gasteiger partial charge on any atom is 0.255 e. The van der Waals surface area contributed by atoms with Crippen LogP contribution in [0.3, 0.4) is 0 Å². The van der Waals surface area contributed by atoms with Gasteiger partial charge in [0.25, 0.3) is 5.91 Å². The molecule has 0 aliphatic heterocycles. The van der Waals surface area contributed by atoms with E-state index in [4.69, 9.17) is 14.7 Å². The van der Waals surface area contributed by atoms with E-state index in [-0.39, 0.29) is 5.91 Å². The van der Waals surface area contributed by atoms with Crippen LogP contribution in [0, 0.1) is 0 Å². The topological polar surface area (TPSA) is 89.9 Å². The third-order valence-electron chi connectivity index (χ3n) is 5.62. The molecule has 7 nitrogen and oxygen atoms in total. The lowest BCUT2D eigenvalue weighted by atomic mass is 10.1. The van der Waals surface area contributed by atoms with Gasteiger partial charge < -0.3 is 10.1 Å². The van der Waals surface area contributed by atoms with Gasteiger partial charge in [0.05, 0.1) is 40.2 Å². The van der Waals surface area contributed by atoms with Gasteiger partial charge in [0.15, 0.2) is 0 Å². The normalized spacial score (nSPS) is 11.3. The second-order valence-corrected chi connectivity index (χ2v) is 7.61. The van der Waals surface area contributed by atoms with Crippen LogP contribution in [-0.2, 0) is 0 Å². The predicted molar refractivity (Wildman–Crippen MR) is 129 cm³/mol. The Labute approximate surface area is 188 Å². The smallest absolute Gasteiger partial charge is 0.255 e. The fraction of sp³-hybridized carbons (Fsp3) is 0.0385. The first-order chi connectivity index (χ1) is 16.2. The van der Waals surface area contributed by atoms with Crippen LogP contribution in [0.25, 0.3) is 43.9 Å². The first-order valence-electron chi connectivity index (χ1n) is 10.4. The first kappa shape index (κ1) is 19.1. The highest BCUT2D eigenvalue weighted by molar-refractivity contribution is 6.21. The highest BCUT2D eigenvalue weighted by atomic mass is 16.5. The standard InChI is InChI=1S/C26H17N5O2/c1-33-17-9-7-16(8-10-17)29-26(32)15-6-11-20-21(14-15)31-25-19-5-3-13-28-23(19)22-18(24(25)30-20)4-2-12-27-22/h2-14H,1H3,(H,29,32). The molecule has 0 aliphatic rings. The van der Waals surface area contributed by atoms with E-state index in [1.807, 2.05) is 30.3 Å². The summed E-state index contributed by atoms with van der Waals surface area (Å²) in [5.74, 6) is 0.503. The SMILES string of the molecule is COc1ccc(NC(=O)c2ccc3nc4c5cccnc5c5ncccc5c4nc3c2)cc1. The molecule has 0 radical (unpaired) electrons. The Hall–Kier alpha value is -4.65. The van der Waals surface area contributed by atoms with Gasteiger partial charge in [-0.2, -0.15) is 0 Å². The second-order valence-electron chi connectivity index (χ2n) is 7.61. The summed E-state index contributed by atoms with van der Waals surface area (Å²) < 4.78 is 5.16. The maximum absolute atomic E-state index is 12.9. The maximum atomic E-state index is 12.9. The number of fused-ring (bicyclic) bond motifs is 7. The molecule has 1 N–H and O–H groups in total. The molecule has 0 atom stereocenters. The van der Waals surface area contributed by atoms with E-state index in [2.05, 4.69) is 15.3 Å². The number of aromatic nitrogens is 4. The molecule has 0 bridgehead atoms. The van der Waals surface area contributed by atoms with Gasteiger partial charge in [-0.1, -0.05) is 0 Å². The van der Waals surface area contributed by atoms with Gasteiger partial charge in [-0.05, 0) is 66.7 Å². The molecule has 0 spiro atoms. The summed E-state index contributed by atoms with van der Waals surface area (Å²) in [7, 11) is 1.60. The van der Waals surface area contributed by atoms with Gasteiger partial charge in [0.2, 0.25) is 0 Å². The summed E-state index contributed by atoms with van der Waals surface area (Å²) in [6.45, 7) is 0. The average Bonchev–Trinajstić information content (AvgIpc) is 2.88. The molecule has 0 fully saturated rings. The van der Waals surface area contributed by atoms with Gasteiger partial charge in [0.1, 0.15) is 5.75 Å². The van der Waals surface area contributed by atoms with Crippen molar-refractivity contribution in [3.63, 3.8) is 0 Å². The molecule has 1 amide bonds. The van der Waals surface area contributed by atoms with Crippen LogP contribution >= 0.6 is 0 Å². The molecule has 3 aromatic heterocycles. The lowest BCUT2D eigenvalue weighted by molar-refractivity contribution is 0.102. The molecule has 0 saturated carbocycles. The van der Waals surface area contributed by atoms with Crippen molar-refractivity contribution in [2.45, 2.75) is 0 Å². The molecule has 0 aliphatic carbocycles. The van der Waals surface area contributed by atoms with Crippen molar-refractivity contribution < 1.29 is 9.53 Å². The summed E-state index contributed by atoms with van der Waals surface area (Å²) >= 11 is 0. The second kappa shape index (κ2) is 7.49. The number of amides is 1. The number of rotatable bonds is 3. The molecule has 3 heterocycles. The fourth-order valence-corrected chi connectivity index (χ4v) is 4.02. The van der Waals surface area contributed by atoms with E-state index in [1.165, 1.54) is 0 Å². The number of carbonyl (C=O) groups excluding carboxylic acids is 1. The van der Waals surface area contributed by atoms with Crippen molar-refractivity contribution in [1.82, 2.24) is 19.9 Å². The minimum Gasteiger partial charge on any atom is -0.497 e. The Kier molecular flexibility index (Phi) is 4.33. The van der Waals surface area contributed by atoms with E-state index in [1.54, 1.807) is 55.9 Å². The van der Waals surface area contributed by atoms with Crippen LogP contribution in [0.15, 0.2) is 79.1 Å². The van der Waals surface area contributed by atoms with Crippen LogP contribution in [0.2, 0.25) is 0 Å². The van der Waals surface area contributed by atoms with Crippen molar-refractivity contribution in [2.24, 2.45) is 0 Å². The number of anilines is 1. The van der Waals surface area contributed by atoms with Crippen molar-refractivity contribution in [1.29, 1.82) is 0 Å². The molecular weight excluding hydrogens is 414 g/mol. The quantitative estimate of drug-likeness (QED) is 0.308. The number of nitrogens with one attached hydrogen (secondary N) is 1. The number of methoxy groups -OCH3 is 1. The third kappa shape index (κ3) is 3.18. The summed E-state index contributed by atoms with van der Waals surface area (Å²) in [6, 6.07) is 20.2. The fourth-order valence-electron chi connectivity index (χ4n) is 4.02. The van der Waals surface area contributed by atoms with Gasteiger partial charge >= 0.3 is 0 Å². The van der Waals surface area contributed by atoms with E-state index >= 15 is 0 Å². The van der Waals surface area contributed by atoms with Gasteiger partial charge in [-0.25, -0.2) is 9.97 Å². The van der Waals surface area contributed by atoms with Gasteiger partial charge in [-0.3, -0.25) is 14.8 Å². The summed E-state index contributed by atoms with van der Waals surface area (Å²) in [5.41, 5.74) is 5.60. The van der Waals surface area contributed by atoms with E-state index < -0.39 is 0 Å². The minimum absolute atomic E-state index is 0.224. The minimum atomic E-state index is -0.224. The molecule has 0 saturated heterocycles. The monoisotopic (exact) mass is 431 g/mol. The number of carbonyl (C=O) groups is 1. The van der Waals surface area contributed by atoms with Crippen molar-refractivity contribution in [3.8, 4) is 5.75 Å². The number of benzene rings is 3. The Morgan fingerprint density at radius 1 is 0.758 bits per heavy atom. The Morgan fingerprint density at radius 3 is 2.03 bits per heavy atom. The lowest BCUT2D eigenvalue weighted by Crippen LogP contribution is -2.11. The largest absolute Gasteiger partial charge is 0.497 e. The molecular formula is C26H17N5O2. The molecule has 6 aromatic rings. The van der Waals surface area contributed by atoms with E-state index in [0.717, 1.165) is 38.6 Å². The number of ether oxygens (including phenoxy) is 1. The van der Waals surface area contributed by atoms with E-state index in [0.29, 0.717) is 22.3 Å². The summed E-state index contributed by atoms with van der Waals surface area (Å²) in [5, 5.41) is 4.68. The molecule has 0 unspecified atom stereocenters. The summed E-state index contributed by atoms with van der Waals surface area (Å²) in [6.07, 6.45) is 3.50. The van der Waals surface area contributed by atoms with Crippen molar-refractivity contribution in [2.75, 3.05) is 12.4 Å². The molecule has 158 valence electrons. The zero-order chi connectivity index (χ0) is 22.4. The van der Waals surface area contributed by atoms with Crippen LogP contribution in [0.5, 0.6) is 5.75 Å². The van der Waals surface area contributed by atoms with Gasteiger partial charge in [-0.15, -0.1) is 0 Å². The van der Waals surface area contributed by atoms with Crippen molar-refractivity contribution in [3.05, 3.63) is 84.7 Å². The number of nitrogens with zero attached hydrogens (tertiary/aromatic N) is 4. The summed E-state index contributed by atoms with van der Waals surface area (Å²) in [4.78, 5) is 31.7. The lowest BCUT2D eigenvalue weighted by Gasteiger charge is -2.10. The Morgan fingerprint density at radius 2 is 1.39 bits per heavy atom. The van der Waals surface area contributed by atoms with Crippen LogP contribution in [-0.4, -0.2) is 33.0 Å². The molecule has 3 aromatic carbocycles. The Balaban J connectivity index is 1.49.